The molecule has 29 heavy (non-hydrogen) atoms. The zero-order chi connectivity index (χ0) is 20.2. The molecule has 0 fully saturated rings. The first-order valence-corrected chi connectivity index (χ1v) is 9.99. The van der Waals surface area contributed by atoms with Crippen LogP contribution in [0.3, 0.4) is 0 Å². The van der Waals surface area contributed by atoms with Crippen LogP contribution in [-0.2, 0) is 0 Å². The fraction of sp³-hybridized carbons (Fsp3) is 0.208. The van der Waals surface area contributed by atoms with Crippen molar-refractivity contribution in [1.82, 2.24) is 9.97 Å². The first kappa shape index (κ1) is 18.9. The van der Waals surface area contributed by atoms with Crippen LogP contribution >= 0.6 is 0 Å². The summed E-state index contributed by atoms with van der Waals surface area (Å²) in [5.41, 5.74) is 4.67. The molecule has 5 nitrogen and oxygen atoms in total. The molecule has 0 radical (unpaired) electrons. The number of nitrogens with zero attached hydrogens (tertiary/aromatic N) is 2. The average Bonchev–Trinajstić information content (AvgIpc) is 3.10. The van der Waals surface area contributed by atoms with Crippen LogP contribution < -0.4 is 0 Å². The summed E-state index contributed by atoms with van der Waals surface area (Å²) in [4.78, 5) is 18.8. The van der Waals surface area contributed by atoms with E-state index in [1.165, 1.54) is 25.3 Å². The van der Waals surface area contributed by atoms with Crippen molar-refractivity contribution in [3.05, 3.63) is 76.5 Å². The SMILES string of the molecule is CCCCC/C=C/c1ccc2c(n1)[nH]c1ccc(-c3cccc([N+](=O)[O-])c3)cc12. The number of H-pyrrole nitrogens is 1. The fourth-order valence-corrected chi connectivity index (χ4v) is 3.58. The van der Waals surface area contributed by atoms with Gasteiger partial charge in [0.05, 0.1) is 10.6 Å². The Balaban J connectivity index is 1.67. The number of aromatic amines is 1. The Morgan fingerprint density at radius 3 is 2.72 bits per heavy atom. The largest absolute Gasteiger partial charge is 0.339 e. The number of hydrogen-bond acceptors (Lipinski definition) is 3. The number of fused-ring (bicyclic) bond motifs is 3. The van der Waals surface area contributed by atoms with Crippen LogP contribution in [0.2, 0.25) is 0 Å². The molecule has 0 aliphatic carbocycles. The topological polar surface area (TPSA) is 71.8 Å². The molecule has 0 aliphatic heterocycles. The number of nitrogens with one attached hydrogen (secondary N) is 1. The number of rotatable bonds is 7. The van der Waals surface area contributed by atoms with E-state index < -0.39 is 0 Å². The first-order chi connectivity index (χ1) is 14.2. The predicted octanol–water partition coefficient (Wildman–Crippen LogP) is 6.88. The molecule has 4 aromatic rings. The maximum Gasteiger partial charge on any atom is 0.270 e. The van der Waals surface area contributed by atoms with Gasteiger partial charge in [-0.15, -0.1) is 0 Å². The van der Waals surface area contributed by atoms with E-state index in [0.717, 1.165) is 45.2 Å². The molecule has 0 spiro atoms. The lowest BCUT2D eigenvalue weighted by atomic mass is 10.0. The van der Waals surface area contributed by atoms with Gasteiger partial charge in [-0.1, -0.05) is 44.0 Å². The second-order valence-electron chi connectivity index (χ2n) is 7.22. The van der Waals surface area contributed by atoms with Crippen LogP contribution in [0.5, 0.6) is 0 Å². The lowest BCUT2D eigenvalue weighted by Crippen LogP contribution is -1.88. The van der Waals surface area contributed by atoms with Gasteiger partial charge in [0.25, 0.3) is 5.69 Å². The smallest absolute Gasteiger partial charge is 0.270 e. The highest BCUT2D eigenvalue weighted by Crippen LogP contribution is 2.31. The summed E-state index contributed by atoms with van der Waals surface area (Å²) in [5, 5.41) is 13.2. The maximum absolute atomic E-state index is 11.1. The normalized spacial score (nSPS) is 11.6. The number of unbranched alkanes of at least 4 members (excludes halogenated alkanes) is 3. The predicted molar refractivity (Wildman–Crippen MR) is 119 cm³/mol. The highest BCUT2D eigenvalue weighted by Gasteiger charge is 2.10. The summed E-state index contributed by atoms with van der Waals surface area (Å²) in [6.45, 7) is 2.21. The van der Waals surface area contributed by atoms with Crippen molar-refractivity contribution in [3.8, 4) is 11.1 Å². The minimum Gasteiger partial charge on any atom is -0.339 e. The van der Waals surface area contributed by atoms with Crippen LogP contribution in [0.25, 0.3) is 39.1 Å². The van der Waals surface area contributed by atoms with Gasteiger partial charge in [-0.05, 0) is 54.3 Å². The molecule has 0 bridgehead atoms. The number of pyridine rings is 1. The summed E-state index contributed by atoms with van der Waals surface area (Å²) >= 11 is 0. The minimum atomic E-state index is -0.366. The van der Waals surface area contributed by atoms with Gasteiger partial charge in [-0.2, -0.15) is 0 Å². The molecular weight excluding hydrogens is 362 g/mol. The van der Waals surface area contributed by atoms with E-state index >= 15 is 0 Å². The van der Waals surface area contributed by atoms with Gasteiger partial charge in [0.1, 0.15) is 5.65 Å². The van der Waals surface area contributed by atoms with Crippen molar-refractivity contribution < 1.29 is 4.92 Å². The van der Waals surface area contributed by atoms with Crippen LogP contribution in [-0.4, -0.2) is 14.9 Å². The van der Waals surface area contributed by atoms with E-state index in [0.29, 0.717) is 0 Å². The van der Waals surface area contributed by atoms with Gasteiger partial charge in [0.2, 0.25) is 0 Å². The van der Waals surface area contributed by atoms with Crippen molar-refractivity contribution in [2.75, 3.05) is 0 Å². The van der Waals surface area contributed by atoms with Crippen molar-refractivity contribution in [2.45, 2.75) is 32.6 Å². The molecule has 0 saturated carbocycles. The molecule has 0 atom stereocenters. The van der Waals surface area contributed by atoms with Crippen LogP contribution in [0, 0.1) is 10.1 Å². The summed E-state index contributed by atoms with van der Waals surface area (Å²) in [7, 11) is 0. The van der Waals surface area contributed by atoms with Gasteiger partial charge in [0.15, 0.2) is 0 Å². The molecule has 0 aliphatic rings. The first-order valence-electron chi connectivity index (χ1n) is 9.99. The third kappa shape index (κ3) is 4.04. The van der Waals surface area contributed by atoms with E-state index in [1.807, 2.05) is 24.3 Å². The zero-order valence-electron chi connectivity index (χ0n) is 16.4. The van der Waals surface area contributed by atoms with Gasteiger partial charge in [0, 0.05) is 28.4 Å². The number of hydrogen-bond donors (Lipinski definition) is 1. The summed E-state index contributed by atoms with van der Waals surface area (Å²) in [5.74, 6) is 0. The molecule has 1 N–H and O–H groups in total. The third-order valence-electron chi connectivity index (χ3n) is 5.13. The molecule has 2 aromatic carbocycles. The van der Waals surface area contributed by atoms with E-state index in [4.69, 9.17) is 4.98 Å². The van der Waals surface area contributed by atoms with Gasteiger partial charge in [-0.3, -0.25) is 10.1 Å². The summed E-state index contributed by atoms with van der Waals surface area (Å²) in [6, 6.07) is 16.9. The monoisotopic (exact) mass is 385 g/mol. The lowest BCUT2D eigenvalue weighted by Gasteiger charge is -2.02. The fourth-order valence-electron chi connectivity index (χ4n) is 3.58. The number of non-ortho nitro benzene ring substituents is 1. The highest BCUT2D eigenvalue weighted by molar-refractivity contribution is 6.07. The molecule has 2 heterocycles. The Bertz CT molecular complexity index is 1210. The van der Waals surface area contributed by atoms with Crippen LogP contribution in [0.4, 0.5) is 5.69 Å². The second-order valence-corrected chi connectivity index (χ2v) is 7.22. The third-order valence-corrected chi connectivity index (χ3v) is 5.13. The molecule has 4 rings (SSSR count). The molecule has 0 amide bonds. The Morgan fingerprint density at radius 1 is 1.03 bits per heavy atom. The van der Waals surface area contributed by atoms with Crippen LogP contribution in [0.15, 0.2) is 60.7 Å². The van der Waals surface area contributed by atoms with Gasteiger partial charge in [-0.25, -0.2) is 4.98 Å². The number of nitro groups is 1. The number of nitro benzene ring substituents is 1. The molecule has 0 saturated heterocycles. The molecule has 146 valence electrons. The summed E-state index contributed by atoms with van der Waals surface area (Å²) < 4.78 is 0. The Morgan fingerprint density at radius 2 is 1.90 bits per heavy atom. The number of aromatic nitrogens is 2. The van der Waals surface area contributed by atoms with E-state index in [9.17, 15) is 10.1 Å². The van der Waals surface area contributed by atoms with E-state index in [2.05, 4.69) is 36.2 Å². The van der Waals surface area contributed by atoms with Crippen molar-refractivity contribution >= 4 is 33.7 Å². The quantitative estimate of drug-likeness (QED) is 0.214. The summed E-state index contributed by atoms with van der Waals surface area (Å²) in [6.07, 6.45) is 9.04. The average molecular weight is 385 g/mol. The van der Waals surface area contributed by atoms with Gasteiger partial charge >= 0.3 is 0 Å². The van der Waals surface area contributed by atoms with E-state index in [1.54, 1.807) is 12.1 Å². The zero-order valence-corrected chi connectivity index (χ0v) is 16.4. The number of benzene rings is 2. The van der Waals surface area contributed by atoms with Crippen LogP contribution in [0.1, 0.15) is 38.3 Å². The molecule has 2 aromatic heterocycles. The van der Waals surface area contributed by atoms with Crippen molar-refractivity contribution in [1.29, 1.82) is 0 Å². The Kier molecular flexibility index (Phi) is 5.38. The second kappa shape index (κ2) is 8.27. The maximum atomic E-state index is 11.1. The van der Waals surface area contributed by atoms with Crippen molar-refractivity contribution in [2.24, 2.45) is 0 Å². The minimum absolute atomic E-state index is 0.0959. The van der Waals surface area contributed by atoms with Crippen molar-refractivity contribution in [3.63, 3.8) is 0 Å². The van der Waals surface area contributed by atoms with E-state index in [-0.39, 0.29) is 10.6 Å². The highest BCUT2D eigenvalue weighted by atomic mass is 16.6. The number of allylic oxidation sites excluding steroid dienone is 1. The molecule has 0 unspecified atom stereocenters. The van der Waals surface area contributed by atoms with Gasteiger partial charge < -0.3 is 4.98 Å². The standard InChI is InChI=1S/C24H23N3O2/c1-2-3-4-5-6-9-19-12-13-21-22-16-18(11-14-23(22)26-24(21)25-19)17-8-7-10-20(15-17)27(28)29/h6-16H,2-5H2,1H3,(H,25,26)/b9-6+. The molecular formula is C24H23N3O2. The lowest BCUT2D eigenvalue weighted by molar-refractivity contribution is -0.384. The molecule has 5 heteroatoms. The Labute approximate surface area is 169 Å². The Hall–Kier alpha value is -3.47.